The molecule has 1 aromatic carbocycles. The maximum atomic E-state index is 13.3. The highest BCUT2D eigenvalue weighted by Crippen LogP contribution is 2.34. The summed E-state index contributed by atoms with van der Waals surface area (Å²) in [5.74, 6) is 0. The lowest BCUT2D eigenvalue weighted by Crippen LogP contribution is -2.45. The van der Waals surface area contributed by atoms with Gasteiger partial charge in [0.25, 0.3) is 0 Å². The number of hydrogen-bond acceptors (Lipinski definition) is 7. The largest absolute Gasteiger partial charge is 0.445 e. The number of nitrogens with two attached hydrogens (primary N) is 2. The van der Waals surface area contributed by atoms with Crippen molar-refractivity contribution in [3.8, 4) is 0 Å². The molecular formula is C29H43N5O3. The fourth-order valence-electron chi connectivity index (χ4n) is 5.57. The van der Waals surface area contributed by atoms with Gasteiger partial charge in [-0.3, -0.25) is 9.88 Å². The quantitative estimate of drug-likeness (QED) is 0.397. The van der Waals surface area contributed by atoms with Crippen molar-refractivity contribution < 1.29 is 14.3 Å². The zero-order chi connectivity index (χ0) is 25.9. The van der Waals surface area contributed by atoms with Crippen LogP contribution in [0.25, 0.3) is 0 Å². The summed E-state index contributed by atoms with van der Waals surface area (Å²) in [6.07, 6.45) is 8.53. The summed E-state index contributed by atoms with van der Waals surface area (Å²) < 4.78 is 11.9. The van der Waals surface area contributed by atoms with E-state index in [4.69, 9.17) is 25.9 Å². The van der Waals surface area contributed by atoms with Gasteiger partial charge in [-0.2, -0.15) is 0 Å². The molecule has 0 bridgehead atoms. The van der Waals surface area contributed by atoms with Crippen LogP contribution in [0.5, 0.6) is 0 Å². The lowest BCUT2D eigenvalue weighted by atomic mass is 9.90. The number of amides is 1. The molecule has 8 heteroatoms. The molecule has 1 aliphatic heterocycles. The summed E-state index contributed by atoms with van der Waals surface area (Å²) in [6, 6.07) is 14.3. The first-order valence-corrected chi connectivity index (χ1v) is 13.9. The molecule has 1 aliphatic carbocycles. The van der Waals surface area contributed by atoms with E-state index in [2.05, 4.69) is 11.0 Å². The van der Waals surface area contributed by atoms with Crippen LogP contribution in [-0.2, 0) is 22.5 Å². The monoisotopic (exact) mass is 509 g/mol. The van der Waals surface area contributed by atoms with Gasteiger partial charge in [-0.25, -0.2) is 4.79 Å². The van der Waals surface area contributed by atoms with E-state index in [9.17, 15) is 4.79 Å². The minimum Gasteiger partial charge on any atom is -0.445 e. The standard InChI is InChI=1S/C29H43N5O3/c30-14-4-5-17-33(27-13-6-11-24-12-7-16-32-28(24)27)20-25-19-26(36-18-8-15-31)21-34(25)29(35)37-22-23-9-2-1-3-10-23/h1-3,7,9-10,12,16,25-27H,4-6,8,11,13-15,17-22,30-31H2/t25-,26?,27?/m0/s1. The first kappa shape index (κ1) is 27.5. The number of carbonyl (C=O) groups is 1. The Bertz CT molecular complexity index is 960. The summed E-state index contributed by atoms with van der Waals surface area (Å²) in [5, 5.41) is 0. The van der Waals surface area contributed by atoms with Gasteiger partial charge in [-0.05, 0) is 81.8 Å². The Morgan fingerprint density at radius 2 is 1.92 bits per heavy atom. The lowest BCUT2D eigenvalue weighted by molar-refractivity contribution is 0.0527. The molecule has 1 aromatic heterocycles. The van der Waals surface area contributed by atoms with Crippen LogP contribution in [0.3, 0.4) is 0 Å². The Balaban J connectivity index is 1.49. The van der Waals surface area contributed by atoms with Gasteiger partial charge in [0, 0.05) is 19.3 Å². The number of benzene rings is 1. The van der Waals surface area contributed by atoms with Crippen molar-refractivity contribution in [2.75, 3.05) is 39.3 Å². The molecule has 1 saturated heterocycles. The number of rotatable bonds is 13. The SMILES string of the molecule is NCCCCN(C[C@@H]1CC(OCCCN)CN1C(=O)OCc1ccccc1)C1CCCc2cccnc21. The number of nitrogens with zero attached hydrogens (tertiary/aromatic N) is 3. The molecule has 0 spiro atoms. The van der Waals surface area contributed by atoms with Gasteiger partial charge in [0.05, 0.1) is 30.4 Å². The number of fused-ring (bicyclic) bond motifs is 1. The van der Waals surface area contributed by atoms with Crippen molar-refractivity contribution in [2.45, 2.75) is 69.7 Å². The zero-order valence-corrected chi connectivity index (χ0v) is 22.0. The molecule has 1 amide bonds. The van der Waals surface area contributed by atoms with Gasteiger partial charge in [-0.1, -0.05) is 36.4 Å². The molecule has 4 rings (SSSR count). The zero-order valence-electron chi connectivity index (χ0n) is 22.0. The average molecular weight is 510 g/mol. The van der Waals surface area contributed by atoms with Crippen LogP contribution in [0.1, 0.15) is 61.4 Å². The third kappa shape index (κ3) is 7.74. The minimum absolute atomic E-state index is 0.0107. The van der Waals surface area contributed by atoms with Crippen molar-refractivity contribution in [3.05, 3.63) is 65.5 Å². The Hall–Kier alpha value is -2.52. The van der Waals surface area contributed by atoms with E-state index in [0.29, 0.717) is 26.2 Å². The van der Waals surface area contributed by atoms with E-state index in [0.717, 1.165) is 63.6 Å². The topological polar surface area (TPSA) is 107 Å². The van der Waals surface area contributed by atoms with Gasteiger partial charge in [-0.15, -0.1) is 0 Å². The van der Waals surface area contributed by atoms with E-state index in [1.165, 1.54) is 11.3 Å². The maximum Gasteiger partial charge on any atom is 0.410 e. The first-order valence-electron chi connectivity index (χ1n) is 13.9. The predicted octanol–water partition coefficient (Wildman–Crippen LogP) is 3.65. The summed E-state index contributed by atoms with van der Waals surface area (Å²) >= 11 is 0. The minimum atomic E-state index is -0.275. The molecule has 1 fully saturated rings. The molecule has 2 heterocycles. The van der Waals surface area contributed by atoms with Gasteiger partial charge >= 0.3 is 6.09 Å². The van der Waals surface area contributed by atoms with Gasteiger partial charge < -0.3 is 25.8 Å². The third-order valence-corrected chi connectivity index (χ3v) is 7.47. The van der Waals surface area contributed by atoms with Gasteiger partial charge in [0.1, 0.15) is 6.61 Å². The van der Waals surface area contributed by atoms with Crippen LogP contribution in [-0.4, -0.2) is 72.4 Å². The van der Waals surface area contributed by atoms with Crippen molar-refractivity contribution in [1.29, 1.82) is 0 Å². The Morgan fingerprint density at radius 1 is 1.08 bits per heavy atom. The Kier molecular flexibility index (Phi) is 10.7. The molecular weight excluding hydrogens is 466 g/mol. The number of aromatic nitrogens is 1. The van der Waals surface area contributed by atoms with Crippen LogP contribution in [0.15, 0.2) is 48.7 Å². The fourth-order valence-corrected chi connectivity index (χ4v) is 5.57. The van der Waals surface area contributed by atoms with Crippen LogP contribution in [0.2, 0.25) is 0 Å². The summed E-state index contributed by atoms with van der Waals surface area (Å²) in [5.41, 5.74) is 15.0. The highest BCUT2D eigenvalue weighted by atomic mass is 16.6. The maximum absolute atomic E-state index is 13.3. The molecule has 2 aromatic rings. The van der Waals surface area contributed by atoms with E-state index in [1.807, 2.05) is 47.5 Å². The van der Waals surface area contributed by atoms with Crippen molar-refractivity contribution in [1.82, 2.24) is 14.8 Å². The van der Waals surface area contributed by atoms with E-state index in [1.54, 1.807) is 0 Å². The number of ether oxygens (including phenoxy) is 2. The molecule has 37 heavy (non-hydrogen) atoms. The summed E-state index contributed by atoms with van der Waals surface area (Å²) in [4.78, 5) is 22.5. The lowest BCUT2D eigenvalue weighted by Gasteiger charge is -2.38. The van der Waals surface area contributed by atoms with E-state index in [-0.39, 0.29) is 30.9 Å². The summed E-state index contributed by atoms with van der Waals surface area (Å²) in [6.45, 7) is 4.40. The van der Waals surface area contributed by atoms with Gasteiger partial charge in [0.2, 0.25) is 0 Å². The highest BCUT2D eigenvalue weighted by Gasteiger charge is 2.39. The number of likely N-dealkylation sites (tertiary alicyclic amines) is 1. The first-order chi connectivity index (χ1) is 18.2. The highest BCUT2D eigenvalue weighted by molar-refractivity contribution is 5.68. The average Bonchev–Trinajstić information content (AvgIpc) is 3.34. The number of aryl methyl sites for hydroxylation is 1. The predicted molar refractivity (Wildman–Crippen MR) is 145 cm³/mol. The Labute approximate surface area is 221 Å². The van der Waals surface area contributed by atoms with E-state index >= 15 is 0 Å². The molecule has 202 valence electrons. The normalized spacial score (nSPS) is 21.3. The number of carbonyl (C=O) groups excluding carboxylic acids is 1. The number of hydrogen-bond donors (Lipinski definition) is 2. The van der Waals surface area contributed by atoms with Crippen molar-refractivity contribution in [2.24, 2.45) is 11.5 Å². The fraction of sp³-hybridized carbons (Fsp3) is 0.586. The van der Waals surface area contributed by atoms with Crippen molar-refractivity contribution in [3.63, 3.8) is 0 Å². The molecule has 2 aliphatic rings. The van der Waals surface area contributed by atoms with Gasteiger partial charge in [0.15, 0.2) is 0 Å². The molecule has 8 nitrogen and oxygen atoms in total. The van der Waals surface area contributed by atoms with Crippen LogP contribution >= 0.6 is 0 Å². The smallest absolute Gasteiger partial charge is 0.410 e. The van der Waals surface area contributed by atoms with Crippen LogP contribution < -0.4 is 11.5 Å². The molecule has 3 atom stereocenters. The second kappa shape index (κ2) is 14.4. The van der Waals surface area contributed by atoms with Crippen LogP contribution in [0.4, 0.5) is 4.79 Å². The molecule has 0 radical (unpaired) electrons. The molecule has 0 saturated carbocycles. The van der Waals surface area contributed by atoms with E-state index < -0.39 is 0 Å². The summed E-state index contributed by atoms with van der Waals surface area (Å²) in [7, 11) is 0. The third-order valence-electron chi connectivity index (χ3n) is 7.47. The second-order valence-electron chi connectivity index (χ2n) is 10.2. The number of unbranched alkanes of at least 4 members (excludes halogenated alkanes) is 1. The Morgan fingerprint density at radius 3 is 2.73 bits per heavy atom. The van der Waals surface area contributed by atoms with Crippen LogP contribution in [0, 0.1) is 0 Å². The van der Waals surface area contributed by atoms with Crippen molar-refractivity contribution >= 4 is 6.09 Å². The second-order valence-corrected chi connectivity index (χ2v) is 10.2. The number of pyridine rings is 1. The molecule has 4 N–H and O–H groups in total. The molecule has 2 unspecified atom stereocenters.